The number of hydrogen-bond acceptors (Lipinski definition) is 3. The van der Waals surface area contributed by atoms with Gasteiger partial charge in [-0.1, -0.05) is 13.3 Å². The summed E-state index contributed by atoms with van der Waals surface area (Å²) < 4.78 is 10.4. The Bertz CT molecular complexity index is 290. The van der Waals surface area contributed by atoms with Crippen LogP contribution in [0.15, 0.2) is 18.2 Å². The summed E-state index contributed by atoms with van der Waals surface area (Å²) in [6, 6.07) is 5.83. The van der Waals surface area contributed by atoms with Gasteiger partial charge in [0.05, 0.1) is 14.2 Å². The summed E-state index contributed by atoms with van der Waals surface area (Å²) in [7, 11) is 3.29. The largest absolute Gasteiger partial charge is 0.497 e. The van der Waals surface area contributed by atoms with Crippen molar-refractivity contribution in [2.45, 2.75) is 25.8 Å². The summed E-state index contributed by atoms with van der Waals surface area (Å²) in [5, 5.41) is 0. The van der Waals surface area contributed by atoms with E-state index < -0.39 is 0 Å². The van der Waals surface area contributed by atoms with E-state index in [9.17, 15) is 0 Å². The molecule has 0 amide bonds. The van der Waals surface area contributed by atoms with Crippen LogP contribution in [-0.4, -0.2) is 14.2 Å². The normalized spacial score (nSPS) is 12.3. The second-order valence-corrected chi connectivity index (χ2v) is 3.54. The minimum absolute atomic E-state index is 0.0546. The van der Waals surface area contributed by atoms with E-state index in [0.29, 0.717) is 0 Å². The van der Waals surface area contributed by atoms with Gasteiger partial charge in [-0.15, -0.1) is 0 Å². The van der Waals surface area contributed by atoms with Crippen LogP contribution in [0.5, 0.6) is 11.5 Å². The summed E-state index contributed by atoms with van der Waals surface area (Å²) in [4.78, 5) is 0. The van der Waals surface area contributed by atoms with Crippen LogP contribution >= 0.6 is 0 Å². The van der Waals surface area contributed by atoms with Gasteiger partial charge in [0.15, 0.2) is 0 Å². The monoisotopic (exact) mass is 209 g/mol. The summed E-state index contributed by atoms with van der Waals surface area (Å²) in [6.07, 6.45) is 2.04. The third-order valence-electron chi connectivity index (χ3n) is 2.40. The maximum absolute atomic E-state index is 6.04. The second kappa shape index (κ2) is 5.61. The number of ether oxygens (including phenoxy) is 2. The molecule has 0 fully saturated rings. The Morgan fingerprint density at radius 3 is 2.07 bits per heavy atom. The zero-order valence-electron chi connectivity index (χ0n) is 9.62. The van der Waals surface area contributed by atoms with E-state index in [1.54, 1.807) is 14.2 Å². The molecule has 2 N–H and O–H groups in total. The molecular formula is C12H19NO2. The molecule has 1 aromatic rings. The van der Waals surface area contributed by atoms with Crippen LogP contribution in [0.1, 0.15) is 31.4 Å². The van der Waals surface area contributed by atoms with Crippen LogP contribution in [0.3, 0.4) is 0 Å². The number of methoxy groups -OCH3 is 2. The smallest absolute Gasteiger partial charge is 0.122 e. The van der Waals surface area contributed by atoms with E-state index in [-0.39, 0.29) is 6.04 Å². The molecule has 0 aliphatic rings. The standard InChI is InChI=1S/C12H19NO2/c1-4-5-12(13)9-6-10(14-2)8-11(7-9)15-3/h6-8,12H,4-5,13H2,1-3H3/t12-/m0/s1. The van der Waals surface area contributed by atoms with Crippen LogP contribution in [0.2, 0.25) is 0 Å². The van der Waals surface area contributed by atoms with E-state index in [1.165, 1.54) is 0 Å². The molecule has 0 aliphatic heterocycles. The van der Waals surface area contributed by atoms with Gasteiger partial charge in [-0.25, -0.2) is 0 Å². The zero-order valence-corrected chi connectivity index (χ0v) is 9.62. The summed E-state index contributed by atoms with van der Waals surface area (Å²) >= 11 is 0. The van der Waals surface area contributed by atoms with Crippen LogP contribution in [0.4, 0.5) is 0 Å². The molecule has 3 nitrogen and oxygen atoms in total. The van der Waals surface area contributed by atoms with Gasteiger partial charge in [0, 0.05) is 12.1 Å². The van der Waals surface area contributed by atoms with E-state index in [1.807, 2.05) is 18.2 Å². The molecule has 15 heavy (non-hydrogen) atoms. The van der Waals surface area contributed by atoms with Crippen molar-refractivity contribution in [3.63, 3.8) is 0 Å². The minimum atomic E-state index is 0.0546. The van der Waals surface area contributed by atoms with Crippen LogP contribution in [-0.2, 0) is 0 Å². The van der Waals surface area contributed by atoms with Crippen LogP contribution < -0.4 is 15.2 Å². The van der Waals surface area contributed by atoms with Crippen molar-refractivity contribution in [1.29, 1.82) is 0 Å². The van der Waals surface area contributed by atoms with Gasteiger partial charge in [0.2, 0.25) is 0 Å². The lowest BCUT2D eigenvalue weighted by atomic mass is 10.0. The molecule has 1 atom stereocenters. The molecule has 0 unspecified atom stereocenters. The van der Waals surface area contributed by atoms with Gasteiger partial charge >= 0.3 is 0 Å². The molecule has 0 spiro atoms. The van der Waals surface area contributed by atoms with Crippen molar-refractivity contribution in [3.05, 3.63) is 23.8 Å². The lowest BCUT2D eigenvalue weighted by Crippen LogP contribution is -2.10. The number of hydrogen-bond donors (Lipinski definition) is 1. The Balaban J connectivity index is 2.95. The Labute approximate surface area is 91.2 Å². The second-order valence-electron chi connectivity index (χ2n) is 3.54. The number of benzene rings is 1. The van der Waals surface area contributed by atoms with Crippen molar-refractivity contribution in [2.24, 2.45) is 5.73 Å². The van der Waals surface area contributed by atoms with E-state index in [0.717, 1.165) is 29.9 Å². The topological polar surface area (TPSA) is 44.5 Å². The third kappa shape index (κ3) is 3.13. The predicted octanol–water partition coefficient (Wildman–Crippen LogP) is 2.50. The molecule has 1 aromatic carbocycles. The maximum Gasteiger partial charge on any atom is 0.122 e. The fourth-order valence-corrected chi connectivity index (χ4v) is 1.52. The molecule has 0 heterocycles. The molecule has 0 aliphatic carbocycles. The first-order valence-electron chi connectivity index (χ1n) is 5.19. The Hall–Kier alpha value is -1.22. The molecule has 0 saturated carbocycles. The molecular weight excluding hydrogens is 190 g/mol. The van der Waals surface area contributed by atoms with E-state index >= 15 is 0 Å². The van der Waals surface area contributed by atoms with Crippen LogP contribution in [0, 0.1) is 0 Å². The van der Waals surface area contributed by atoms with Gasteiger partial charge in [-0.05, 0) is 24.1 Å². The fraction of sp³-hybridized carbons (Fsp3) is 0.500. The van der Waals surface area contributed by atoms with E-state index in [2.05, 4.69) is 6.92 Å². The highest BCUT2D eigenvalue weighted by molar-refractivity contribution is 5.39. The highest BCUT2D eigenvalue weighted by Gasteiger charge is 2.08. The lowest BCUT2D eigenvalue weighted by molar-refractivity contribution is 0.392. The van der Waals surface area contributed by atoms with E-state index in [4.69, 9.17) is 15.2 Å². The van der Waals surface area contributed by atoms with Crippen molar-refractivity contribution in [2.75, 3.05) is 14.2 Å². The zero-order chi connectivity index (χ0) is 11.3. The van der Waals surface area contributed by atoms with Gasteiger partial charge in [-0.3, -0.25) is 0 Å². The third-order valence-corrected chi connectivity index (χ3v) is 2.40. The van der Waals surface area contributed by atoms with Gasteiger partial charge in [0.25, 0.3) is 0 Å². The van der Waals surface area contributed by atoms with Gasteiger partial charge in [-0.2, -0.15) is 0 Å². The number of nitrogens with two attached hydrogens (primary N) is 1. The minimum Gasteiger partial charge on any atom is -0.497 e. The summed E-state index contributed by atoms with van der Waals surface area (Å²) in [5.74, 6) is 1.58. The quantitative estimate of drug-likeness (QED) is 0.810. The predicted molar refractivity (Wildman–Crippen MR) is 61.4 cm³/mol. The van der Waals surface area contributed by atoms with Crippen molar-refractivity contribution >= 4 is 0 Å². The first-order valence-corrected chi connectivity index (χ1v) is 5.19. The van der Waals surface area contributed by atoms with Crippen LogP contribution in [0.25, 0.3) is 0 Å². The average Bonchev–Trinajstić information content (AvgIpc) is 2.28. The Kier molecular flexibility index (Phi) is 4.43. The average molecular weight is 209 g/mol. The summed E-state index contributed by atoms with van der Waals surface area (Å²) in [6.45, 7) is 2.12. The molecule has 3 heteroatoms. The molecule has 0 saturated heterocycles. The molecule has 84 valence electrons. The van der Waals surface area contributed by atoms with Crippen molar-refractivity contribution < 1.29 is 9.47 Å². The Morgan fingerprint density at radius 2 is 1.67 bits per heavy atom. The SMILES string of the molecule is CCC[C@H](N)c1cc(OC)cc(OC)c1. The molecule has 1 rings (SSSR count). The highest BCUT2D eigenvalue weighted by atomic mass is 16.5. The Morgan fingerprint density at radius 1 is 1.13 bits per heavy atom. The van der Waals surface area contributed by atoms with Crippen molar-refractivity contribution in [3.8, 4) is 11.5 Å². The highest BCUT2D eigenvalue weighted by Crippen LogP contribution is 2.27. The first-order chi connectivity index (χ1) is 7.21. The van der Waals surface area contributed by atoms with Gasteiger partial charge < -0.3 is 15.2 Å². The first kappa shape index (κ1) is 11.9. The maximum atomic E-state index is 6.04. The molecule has 0 bridgehead atoms. The fourth-order valence-electron chi connectivity index (χ4n) is 1.52. The number of rotatable bonds is 5. The summed E-state index contributed by atoms with van der Waals surface area (Å²) in [5.41, 5.74) is 7.10. The lowest BCUT2D eigenvalue weighted by Gasteiger charge is -2.13. The van der Waals surface area contributed by atoms with Crippen molar-refractivity contribution in [1.82, 2.24) is 0 Å². The molecule has 0 aromatic heterocycles. The van der Waals surface area contributed by atoms with Gasteiger partial charge in [0.1, 0.15) is 11.5 Å². The molecule has 0 radical (unpaired) electrons.